The van der Waals surface area contributed by atoms with E-state index in [1.54, 1.807) is 24.3 Å². The van der Waals surface area contributed by atoms with E-state index in [0.717, 1.165) is 5.56 Å². The fourth-order valence-electron chi connectivity index (χ4n) is 2.65. The van der Waals surface area contributed by atoms with Gasteiger partial charge in [0, 0.05) is 18.7 Å². The number of rotatable bonds is 2. The smallest absolute Gasteiger partial charge is 0.278 e. The van der Waals surface area contributed by atoms with Crippen LogP contribution in [0.1, 0.15) is 22.9 Å². The molecule has 2 aromatic rings. The first kappa shape index (κ1) is 15.5. The van der Waals surface area contributed by atoms with Gasteiger partial charge in [0.25, 0.3) is 0 Å². The predicted octanol–water partition coefficient (Wildman–Crippen LogP) is 4.40. The van der Waals surface area contributed by atoms with Crippen molar-refractivity contribution in [2.75, 3.05) is 0 Å². The molecule has 1 unspecified atom stereocenters. The van der Waals surface area contributed by atoms with Crippen LogP contribution in [0.3, 0.4) is 0 Å². The Bertz CT molecular complexity index is 692. The van der Waals surface area contributed by atoms with Crippen molar-refractivity contribution in [1.82, 2.24) is 14.9 Å². The number of hydrogen-bond acceptors (Lipinski definition) is 3. The fraction of sp³-hybridized carbons (Fsp3) is 0.286. The van der Waals surface area contributed by atoms with Gasteiger partial charge in [-0.2, -0.15) is 13.2 Å². The summed E-state index contributed by atoms with van der Waals surface area (Å²) < 4.78 is 40.5. The Morgan fingerprint density at radius 2 is 1.82 bits per heavy atom. The number of hydrogen-bond donors (Lipinski definition) is 0. The molecule has 0 saturated heterocycles. The van der Waals surface area contributed by atoms with Crippen LogP contribution in [-0.2, 0) is 13.1 Å². The summed E-state index contributed by atoms with van der Waals surface area (Å²) in [5, 5.41) is -0.390. The number of fused-ring (bicyclic) bond motifs is 1. The first-order chi connectivity index (χ1) is 10.4. The highest BCUT2D eigenvalue weighted by atomic mass is 35.5. The first-order valence-electron chi connectivity index (χ1n) is 6.43. The number of halogens is 5. The largest absolute Gasteiger partial charge is 0.408 e. The molecule has 1 atom stereocenters. The van der Waals surface area contributed by atoms with Crippen molar-refractivity contribution < 1.29 is 13.2 Å². The van der Waals surface area contributed by atoms with Gasteiger partial charge in [-0.05, 0) is 17.2 Å². The van der Waals surface area contributed by atoms with Crippen LogP contribution in [-0.4, -0.2) is 21.0 Å². The number of alkyl halides is 3. The SMILES string of the molecule is FC(F)(F)C1c2c(Cl)nc(Cl)nc2CN1Cc1ccccc1. The summed E-state index contributed by atoms with van der Waals surface area (Å²) in [7, 11) is 0. The van der Waals surface area contributed by atoms with Gasteiger partial charge in [0.15, 0.2) is 0 Å². The van der Waals surface area contributed by atoms with Gasteiger partial charge in [-0.25, -0.2) is 9.97 Å². The maximum atomic E-state index is 13.5. The maximum absolute atomic E-state index is 13.5. The van der Waals surface area contributed by atoms with E-state index in [1.165, 1.54) is 4.90 Å². The van der Waals surface area contributed by atoms with Crippen LogP contribution in [0, 0.1) is 0 Å². The summed E-state index contributed by atoms with van der Waals surface area (Å²) in [6.45, 7) is 0.158. The van der Waals surface area contributed by atoms with Gasteiger partial charge in [-0.15, -0.1) is 0 Å². The van der Waals surface area contributed by atoms with Crippen LogP contribution in [0.4, 0.5) is 13.2 Å². The molecule has 0 N–H and O–H groups in total. The van der Waals surface area contributed by atoms with Crippen molar-refractivity contribution in [3.63, 3.8) is 0 Å². The third-order valence-corrected chi connectivity index (χ3v) is 3.94. The average molecular weight is 348 g/mol. The van der Waals surface area contributed by atoms with Crippen molar-refractivity contribution in [1.29, 1.82) is 0 Å². The molecular formula is C14H10Cl2F3N3. The van der Waals surface area contributed by atoms with Gasteiger partial charge >= 0.3 is 6.18 Å². The highest BCUT2D eigenvalue weighted by Gasteiger charge is 2.51. The van der Waals surface area contributed by atoms with Gasteiger partial charge in [0.05, 0.1) is 5.69 Å². The number of aromatic nitrogens is 2. The first-order valence-corrected chi connectivity index (χ1v) is 7.18. The van der Waals surface area contributed by atoms with Crippen LogP contribution < -0.4 is 0 Å². The topological polar surface area (TPSA) is 29.0 Å². The Labute approximate surface area is 134 Å². The van der Waals surface area contributed by atoms with E-state index in [1.807, 2.05) is 6.07 Å². The average Bonchev–Trinajstić information content (AvgIpc) is 2.78. The summed E-state index contributed by atoms with van der Waals surface area (Å²) in [4.78, 5) is 8.82. The predicted molar refractivity (Wildman–Crippen MR) is 76.5 cm³/mol. The molecular weight excluding hydrogens is 338 g/mol. The third kappa shape index (κ3) is 2.91. The van der Waals surface area contributed by atoms with Crippen molar-refractivity contribution in [2.24, 2.45) is 0 Å². The van der Waals surface area contributed by atoms with Crippen molar-refractivity contribution in [3.05, 3.63) is 57.6 Å². The second-order valence-corrected chi connectivity index (χ2v) is 5.67. The molecule has 3 rings (SSSR count). The standard InChI is InChI=1S/C14H10Cl2F3N3/c15-12-10-9(20-13(16)21-12)7-22(11(10)14(17,18)19)6-8-4-2-1-3-5-8/h1-5,11H,6-7H2. The normalized spacial score (nSPS) is 18.5. The maximum Gasteiger partial charge on any atom is 0.408 e. The van der Waals surface area contributed by atoms with Crippen LogP contribution in [0.5, 0.6) is 0 Å². The zero-order valence-electron chi connectivity index (χ0n) is 11.1. The molecule has 1 aromatic carbocycles. The van der Waals surface area contributed by atoms with Gasteiger partial charge in [-0.3, -0.25) is 4.90 Å². The second-order valence-electron chi connectivity index (χ2n) is 4.98. The van der Waals surface area contributed by atoms with Crippen molar-refractivity contribution in [2.45, 2.75) is 25.3 Å². The Kier molecular flexibility index (Phi) is 4.01. The van der Waals surface area contributed by atoms with E-state index in [0.29, 0.717) is 0 Å². The van der Waals surface area contributed by atoms with Crippen LogP contribution in [0.15, 0.2) is 30.3 Å². The zero-order chi connectivity index (χ0) is 15.9. The molecule has 0 radical (unpaired) electrons. The van der Waals surface area contributed by atoms with Crippen molar-refractivity contribution in [3.8, 4) is 0 Å². The van der Waals surface area contributed by atoms with Crippen LogP contribution >= 0.6 is 23.2 Å². The van der Waals surface area contributed by atoms with Gasteiger partial charge in [-0.1, -0.05) is 41.9 Å². The lowest BCUT2D eigenvalue weighted by Gasteiger charge is -2.26. The number of nitrogens with zero attached hydrogens (tertiary/aromatic N) is 3. The molecule has 0 fully saturated rings. The zero-order valence-corrected chi connectivity index (χ0v) is 12.6. The van der Waals surface area contributed by atoms with Gasteiger partial charge in [0.2, 0.25) is 5.28 Å². The Morgan fingerprint density at radius 1 is 1.14 bits per heavy atom. The lowest BCUT2D eigenvalue weighted by molar-refractivity contribution is -0.185. The highest BCUT2D eigenvalue weighted by molar-refractivity contribution is 6.32. The van der Waals surface area contributed by atoms with Gasteiger partial charge < -0.3 is 0 Å². The van der Waals surface area contributed by atoms with E-state index in [-0.39, 0.29) is 34.8 Å². The van der Waals surface area contributed by atoms with E-state index in [9.17, 15) is 13.2 Å². The Hall–Kier alpha value is -1.37. The summed E-state index contributed by atoms with van der Waals surface area (Å²) in [5.41, 5.74) is 0.900. The fourth-order valence-corrected chi connectivity index (χ4v) is 3.17. The number of benzene rings is 1. The van der Waals surface area contributed by atoms with E-state index in [2.05, 4.69) is 9.97 Å². The Morgan fingerprint density at radius 3 is 2.45 bits per heavy atom. The van der Waals surface area contributed by atoms with Gasteiger partial charge in [0.1, 0.15) is 11.2 Å². The summed E-state index contributed by atoms with van der Waals surface area (Å²) in [6, 6.07) is 7.10. The molecule has 3 nitrogen and oxygen atoms in total. The summed E-state index contributed by atoms with van der Waals surface area (Å²) in [5.74, 6) is 0. The van der Waals surface area contributed by atoms with E-state index in [4.69, 9.17) is 23.2 Å². The molecule has 0 aliphatic carbocycles. The molecule has 1 aliphatic rings. The molecule has 2 heterocycles. The lowest BCUT2D eigenvalue weighted by atomic mass is 10.1. The lowest BCUT2D eigenvalue weighted by Crippen LogP contribution is -2.33. The quantitative estimate of drug-likeness (QED) is 0.595. The van der Waals surface area contributed by atoms with Crippen molar-refractivity contribution >= 4 is 23.2 Å². The van der Waals surface area contributed by atoms with E-state index < -0.39 is 12.2 Å². The minimum atomic E-state index is -4.47. The molecule has 0 saturated carbocycles. The minimum Gasteiger partial charge on any atom is -0.278 e. The summed E-state index contributed by atoms with van der Waals surface area (Å²) in [6.07, 6.45) is -4.47. The molecule has 116 valence electrons. The second kappa shape index (κ2) is 5.68. The molecule has 1 aliphatic heterocycles. The molecule has 0 spiro atoms. The molecule has 0 bridgehead atoms. The summed E-state index contributed by atoms with van der Waals surface area (Å²) >= 11 is 11.6. The third-order valence-electron chi connectivity index (χ3n) is 3.48. The molecule has 0 amide bonds. The Balaban J connectivity index is 2.00. The highest BCUT2D eigenvalue weighted by Crippen LogP contribution is 2.47. The molecule has 1 aromatic heterocycles. The molecule has 22 heavy (non-hydrogen) atoms. The van der Waals surface area contributed by atoms with E-state index >= 15 is 0 Å². The monoisotopic (exact) mass is 347 g/mol. The van der Waals surface area contributed by atoms with Crippen LogP contribution in [0.2, 0.25) is 10.4 Å². The van der Waals surface area contributed by atoms with Crippen LogP contribution in [0.25, 0.3) is 0 Å². The molecule has 8 heteroatoms. The minimum absolute atomic E-state index is 0.0242.